The van der Waals surface area contributed by atoms with E-state index in [2.05, 4.69) is 10.0 Å². The monoisotopic (exact) mass is 246 g/mol. The average Bonchev–Trinajstić information content (AvgIpc) is 2.69. The maximum Gasteiger partial charge on any atom is 0.213 e. The highest BCUT2D eigenvalue weighted by Crippen LogP contribution is 2.13. The van der Waals surface area contributed by atoms with E-state index in [4.69, 9.17) is 4.42 Å². The predicted octanol–water partition coefficient (Wildman–Crippen LogP) is 0.869. The fourth-order valence-electron chi connectivity index (χ4n) is 1.31. The number of furan rings is 1. The molecule has 1 aromatic heterocycles. The lowest BCUT2D eigenvalue weighted by Gasteiger charge is -2.11. The van der Waals surface area contributed by atoms with Crippen LogP contribution in [0.25, 0.3) is 0 Å². The molecule has 0 aliphatic carbocycles. The van der Waals surface area contributed by atoms with Gasteiger partial charge in [-0.2, -0.15) is 0 Å². The van der Waals surface area contributed by atoms with Crippen molar-refractivity contribution in [3.8, 4) is 0 Å². The van der Waals surface area contributed by atoms with E-state index in [1.165, 1.54) is 6.26 Å². The molecular weight excluding hydrogens is 228 g/mol. The van der Waals surface area contributed by atoms with Crippen molar-refractivity contribution in [1.29, 1.82) is 0 Å². The van der Waals surface area contributed by atoms with E-state index in [9.17, 15) is 8.42 Å². The van der Waals surface area contributed by atoms with Gasteiger partial charge >= 0.3 is 0 Å². The van der Waals surface area contributed by atoms with Gasteiger partial charge in [0.25, 0.3) is 0 Å². The number of nitrogens with one attached hydrogen (secondary N) is 2. The smallest absolute Gasteiger partial charge is 0.213 e. The molecule has 0 aliphatic heterocycles. The molecule has 6 heteroatoms. The van der Waals surface area contributed by atoms with Crippen molar-refractivity contribution < 1.29 is 12.8 Å². The first kappa shape index (κ1) is 13.2. The van der Waals surface area contributed by atoms with Crippen molar-refractivity contribution in [2.24, 2.45) is 0 Å². The van der Waals surface area contributed by atoms with Crippen LogP contribution in [-0.2, 0) is 10.0 Å². The maximum atomic E-state index is 11.6. The fourth-order valence-corrected chi connectivity index (χ4v) is 2.49. The Morgan fingerprint density at radius 3 is 2.81 bits per heavy atom. The largest absolute Gasteiger partial charge is 0.468 e. The lowest BCUT2D eigenvalue weighted by atomic mass is 10.3. The Hall–Kier alpha value is -0.850. The Kier molecular flexibility index (Phi) is 4.98. The third-order valence-corrected chi connectivity index (χ3v) is 3.58. The zero-order valence-electron chi connectivity index (χ0n) is 9.56. The third kappa shape index (κ3) is 4.34. The summed E-state index contributed by atoms with van der Waals surface area (Å²) in [4.78, 5) is 0. The summed E-state index contributed by atoms with van der Waals surface area (Å²) in [5.41, 5.74) is 0. The molecule has 1 atom stereocenters. The number of hydrogen-bond donors (Lipinski definition) is 2. The maximum absolute atomic E-state index is 11.6. The molecular formula is C10H18N2O3S. The highest BCUT2D eigenvalue weighted by atomic mass is 32.2. The standard InChI is InChI=1S/C10H18N2O3S/c1-3-11-6-8-16(13,14)12-9(2)10-5-4-7-15-10/h4-5,7,9,11-12H,3,6,8H2,1-2H3. The Bertz CT molecular complexity index is 386. The van der Waals surface area contributed by atoms with Crippen molar-refractivity contribution in [2.45, 2.75) is 19.9 Å². The molecule has 1 rings (SSSR count). The van der Waals surface area contributed by atoms with Crippen molar-refractivity contribution in [1.82, 2.24) is 10.0 Å². The topological polar surface area (TPSA) is 71.3 Å². The lowest BCUT2D eigenvalue weighted by Crippen LogP contribution is -2.33. The highest BCUT2D eigenvalue weighted by molar-refractivity contribution is 7.89. The number of hydrogen-bond acceptors (Lipinski definition) is 4. The Morgan fingerprint density at radius 1 is 1.50 bits per heavy atom. The third-order valence-electron chi connectivity index (χ3n) is 2.12. The highest BCUT2D eigenvalue weighted by Gasteiger charge is 2.16. The lowest BCUT2D eigenvalue weighted by molar-refractivity contribution is 0.459. The summed E-state index contributed by atoms with van der Waals surface area (Å²) in [6.45, 7) is 4.91. The molecule has 1 unspecified atom stereocenters. The molecule has 0 aromatic carbocycles. The van der Waals surface area contributed by atoms with Crippen LogP contribution in [0.5, 0.6) is 0 Å². The van der Waals surface area contributed by atoms with Crippen LogP contribution in [0.2, 0.25) is 0 Å². The average molecular weight is 246 g/mol. The summed E-state index contributed by atoms with van der Waals surface area (Å²) in [5, 5.41) is 2.97. The first-order valence-electron chi connectivity index (χ1n) is 5.29. The predicted molar refractivity (Wildman–Crippen MR) is 62.6 cm³/mol. The van der Waals surface area contributed by atoms with Crippen LogP contribution in [0.1, 0.15) is 25.6 Å². The molecule has 0 fully saturated rings. The molecule has 0 amide bonds. The van der Waals surface area contributed by atoms with Crippen molar-refractivity contribution in [3.63, 3.8) is 0 Å². The molecule has 0 saturated heterocycles. The van der Waals surface area contributed by atoms with Gasteiger partial charge in [-0.25, -0.2) is 13.1 Å². The van der Waals surface area contributed by atoms with Gasteiger partial charge in [-0.3, -0.25) is 0 Å². The van der Waals surface area contributed by atoms with E-state index in [1.54, 1.807) is 19.1 Å². The SMILES string of the molecule is CCNCCS(=O)(=O)NC(C)c1ccco1. The van der Waals surface area contributed by atoms with Gasteiger partial charge in [0.15, 0.2) is 0 Å². The van der Waals surface area contributed by atoms with Gasteiger partial charge in [0.1, 0.15) is 5.76 Å². The minimum absolute atomic E-state index is 0.0753. The van der Waals surface area contributed by atoms with Crippen LogP contribution >= 0.6 is 0 Å². The van der Waals surface area contributed by atoms with Gasteiger partial charge < -0.3 is 9.73 Å². The Labute approximate surface area is 96.3 Å². The summed E-state index contributed by atoms with van der Waals surface area (Å²) in [5.74, 6) is 0.693. The van der Waals surface area contributed by atoms with Gasteiger partial charge in [-0.15, -0.1) is 0 Å². The van der Waals surface area contributed by atoms with E-state index in [0.717, 1.165) is 6.54 Å². The summed E-state index contributed by atoms with van der Waals surface area (Å²) < 4.78 is 30.9. The van der Waals surface area contributed by atoms with Crippen LogP contribution in [0.15, 0.2) is 22.8 Å². The van der Waals surface area contributed by atoms with E-state index < -0.39 is 10.0 Å². The van der Waals surface area contributed by atoms with Crippen LogP contribution in [0.4, 0.5) is 0 Å². The molecule has 1 aromatic rings. The molecule has 5 nitrogen and oxygen atoms in total. The molecule has 0 bridgehead atoms. The molecule has 1 heterocycles. The molecule has 92 valence electrons. The molecule has 2 N–H and O–H groups in total. The normalized spacial score (nSPS) is 13.9. The van der Waals surface area contributed by atoms with Gasteiger partial charge in [0, 0.05) is 6.54 Å². The second-order valence-corrected chi connectivity index (χ2v) is 5.40. The summed E-state index contributed by atoms with van der Waals surface area (Å²) in [7, 11) is -3.25. The van der Waals surface area contributed by atoms with E-state index in [-0.39, 0.29) is 11.8 Å². The molecule has 0 aliphatic rings. The quantitative estimate of drug-likeness (QED) is 0.700. The minimum atomic E-state index is -3.25. The first-order valence-corrected chi connectivity index (χ1v) is 6.94. The zero-order chi connectivity index (χ0) is 12.0. The van der Waals surface area contributed by atoms with Crippen molar-refractivity contribution in [2.75, 3.05) is 18.8 Å². The van der Waals surface area contributed by atoms with Crippen LogP contribution < -0.4 is 10.0 Å². The summed E-state index contributed by atoms with van der Waals surface area (Å²) >= 11 is 0. The number of rotatable bonds is 7. The van der Waals surface area contributed by atoms with Crippen LogP contribution in [0, 0.1) is 0 Å². The van der Waals surface area contributed by atoms with Gasteiger partial charge in [0.05, 0.1) is 18.1 Å². The van der Waals surface area contributed by atoms with E-state index in [1.807, 2.05) is 6.92 Å². The van der Waals surface area contributed by atoms with Gasteiger partial charge in [-0.1, -0.05) is 6.92 Å². The molecule has 16 heavy (non-hydrogen) atoms. The zero-order valence-corrected chi connectivity index (χ0v) is 10.4. The summed E-state index contributed by atoms with van der Waals surface area (Å²) in [6.07, 6.45) is 1.53. The molecule has 0 saturated carbocycles. The molecule has 0 spiro atoms. The van der Waals surface area contributed by atoms with E-state index >= 15 is 0 Å². The van der Waals surface area contributed by atoms with Gasteiger partial charge in [0.2, 0.25) is 10.0 Å². The molecule has 0 radical (unpaired) electrons. The fraction of sp³-hybridized carbons (Fsp3) is 0.600. The Balaban J connectivity index is 2.46. The van der Waals surface area contributed by atoms with Crippen LogP contribution in [-0.4, -0.2) is 27.3 Å². The van der Waals surface area contributed by atoms with Gasteiger partial charge in [-0.05, 0) is 25.6 Å². The van der Waals surface area contributed by atoms with Crippen molar-refractivity contribution in [3.05, 3.63) is 24.2 Å². The first-order chi connectivity index (χ1) is 7.55. The summed E-state index contributed by atoms with van der Waals surface area (Å²) in [6, 6.07) is 3.15. The Morgan fingerprint density at radius 2 is 2.25 bits per heavy atom. The minimum Gasteiger partial charge on any atom is -0.468 e. The van der Waals surface area contributed by atoms with E-state index in [0.29, 0.717) is 12.3 Å². The van der Waals surface area contributed by atoms with Crippen LogP contribution in [0.3, 0.4) is 0 Å². The van der Waals surface area contributed by atoms with Crippen molar-refractivity contribution >= 4 is 10.0 Å². The second kappa shape index (κ2) is 6.03. The second-order valence-electron chi connectivity index (χ2n) is 3.53. The number of sulfonamides is 1.